The van der Waals surface area contributed by atoms with Crippen LogP contribution in [0.3, 0.4) is 0 Å². The van der Waals surface area contributed by atoms with Crippen LogP contribution in [0.25, 0.3) is 10.9 Å². The summed E-state index contributed by atoms with van der Waals surface area (Å²) >= 11 is 9.09. The van der Waals surface area contributed by atoms with Gasteiger partial charge in [0.1, 0.15) is 0 Å². The van der Waals surface area contributed by atoms with E-state index in [0.717, 1.165) is 20.9 Å². The number of fused-ring (bicyclic) bond motifs is 1. The van der Waals surface area contributed by atoms with E-state index in [4.69, 9.17) is 17.5 Å². The summed E-state index contributed by atoms with van der Waals surface area (Å²) in [5, 5.41) is 1.13. The monoisotopic (exact) mass is 287 g/mol. The summed E-state index contributed by atoms with van der Waals surface area (Å²) in [6.07, 6.45) is 1.93. The predicted octanol–water partition coefficient (Wildman–Crippen LogP) is 2.67. The Hall–Kier alpha value is -0.550. The van der Waals surface area contributed by atoms with Crippen LogP contribution in [-0.2, 0) is 0 Å². The van der Waals surface area contributed by atoms with Gasteiger partial charge in [0.15, 0.2) is 0 Å². The first-order valence-electron chi connectivity index (χ1n) is 4.59. The van der Waals surface area contributed by atoms with Crippen molar-refractivity contribution >= 4 is 38.6 Å². The molecule has 0 aliphatic rings. The third-order valence-corrected chi connectivity index (χ3v) is 3.18. The van der Waals surface area contributed by atoms with Gasteiger partial charge >= 0.3 is 0 Å². The summed E-state index contributed by atoms with van der Waals surface area (Å²) in [4.78, 5) is 5.87. The maximum absolute atomic E-state index is 5.64. The second-order valence-electron chi connectivity index (χ2n) is 3.33. The Morgan fingerprint density at radius 2 is 2.33 bits per heavy atom. The smallest absolute Gasteiger partial charge is 0.0613 e. The molecule has 0 saturated heterocycles. The molecule has 0 radical (unpaired) electrons. The minimum Gasteiger partial charge on any atom is -0.361 e. The van der Waals surface area contributed by atoms with Crippen LogP contribution in [0, 0.1) is 0 Å². The Kier molecular flexibility index (Phi) is 3.31. The molecule has 1 heterocycles. The zero-order valence-corrected chi connectivity index (χ0v) is 10.3. The van der Waals surface area contributed by atoms with Crippen LogP contribution in [0.2, 0.25) is 0 Å². The summed E-state index contributed by atoms with van der Waals surface area (Å²) in [6.45, 7) is 0.461. The Labute approximate surface area is 101 Å². The molecule has 0 fully saturated rings. The molecule has 2 aromatic rings. The first kappa shape index (κ1) is 11.0. The van der Waals surface area contributed by atoms with Crippen LogP contribution in [0.5, 0.6) is 0 Å². The Morgan fingerprint density at radius 1 is 1.53 bits per heavy atom. The summed E-state index contributed by atoms with van der Waals surface area (Å²) in [5.41, 5.74) is 7.80. The van der Waals surface area contributed by atoms with Gasteiger partial charge in [-0.3, -0.25) is 0 Å². The summed E-state index contributed by atoms with van der Waals surface area (Å²) < 4.78 is 1.04. The van der Waals surface area contributed by atoms with Crippen LogP contribution in [-0.4, -0.2) is 11.5 Å². The zero-order chi connectivity index (χ0) is 10.8. The molecule has 3 nitrogen and oxygen atoms in total. The van der Waals surface area contributed by atoms with E-state index in [1.54, 1.807) is 0 Å². The second kappa shape index (κ2) is 4.53. The lowest BCUT2D eigenvalue weighted by molar-refractivity contribution is 0.685. The van der Waals surface area contributed by atoms with Crippen molar-refractivity contribution in [3.05, 3.63) is 34.4 Å². The minimum absolute atomic E-state index is 0.0327. The SMILES string of the molecule is NCC(NCl)c1c[nH]c2ccc(Br)cc12. The molecule has 0 spiro atoms. The highest BCUT2D eigenvalue weighted by molar-refractivity contribution is 9.10. The average molecular weight is 289 g/mol. The zero-order valence-electron chi connectivity index (χ0n) is 7.93. The lowest BCUT2D eigenvalue weighted by atomic mass is 10.1. The second-order valence-corrected chi connectivity index (χ2v) is 4.47. The predicted molar refractivity (Wildman–Crippen MR) is 66.8 cm³/mol. The molecule has 1 atom stereocenters. The van der Waals surface area contributed by atoms with Crippen molar-refractivity contribution in [3.63, 3.8) is 0 Å². The fourth-order valence-corrected chi connectivity index (χ4v) is 2.20. The van der Waals surface area contributed by atoms with Crippen LogP contribution in [0.4, 0.5) is 0 Å². The first-order valence-corrected chi connectivity index (χ1v) is 5.76. The molecule has 0 amide bonds. The van der Waals surface area contributed by atoms with Crippen molar-refractivity contribution in [2.45, 2.75) is 6.04 Å². The highest BCUT2D eigenvalue weighted by Gasteiger charge is 2.13. The quantitative estimate of drug-likeness (QED) is 0.761. The molecule has 15 heavy (non-hydrogen) atoms. The van der Waals surface area contributed by atoms with Crippen LogP contribution in [0.15, 0.2) is 28.9 Å². The van der Waals surface area contributed by atoms with Crippen molar-refractivity contribution < 1.29 is 0 Å². The molecule has 0 bridgehead atoms. The standard InChI is InChI=1S/C10H11BrClN3/c11-6-1-2-9-7(3-6)8(5-14-9)10(4-13)15-12/h1-3,5,10,14-15H,4,13H2. The van der Waals surface area contributed by atoms with E-state index in [2.05, 4.69) is 31.8 Å². The van der Waals surface area contributed by atoms with Crippen molar-refractivity contribution in [2.75, 3.05) is 6.54 Å². The summed E-state index contributed by atoms with van der Waals surface area (Å²) in [7, 11) is 0. The lowest BCUT2D eigenvalue weighted by Crippen LogP contribution is -2.21. The van der Waals surface area contributed by atoms with E-state index in [-0.39, 0.29) is 6.04 Å². The average Bonchev–Trinajstić information content (AvgIpc) is 2.64. The molecule has 1 aromatic heterocycles. The third kappa shape index (κ3) is 2.03. The summed E-state index contributed by atoms with van der Waals surface area (Å²) in [5.74, 6) is 0. The molecule has 4 N–H and O–H groups in total. The summed E-state index contributed by atoms with van der Waals surface area (Å²) in [6, 6.07) is 6.03. The maximum Gasteiger partial charge on any atom is 0.0613 e. The number of nitrogens with one attached hydrogen (secondary N) is 2. The van der Waals surface area contributed by atoms with Gasteiger partial charge in [-0.1, -0.05) is 15.9 Å². The van der Waals surface area contributed by atoms with E-state index in [1.165, 1.54) is 0 Å². The molecule has 5 heteroatoms. The Balaban J connectivity index is 2.55. The Morgan fingerprint density at radius 3 is 3.00 bits per heavy atom. The van der Waals surface area contributed by atoms with E-state index in [1.807, 2.05) is 18.3 Å². The molecule has 2 rings (SSSR count). The minimum atomic E-state index is -0.0327. The largest absolute Gasteiger partial charge is 0.361 e. The third-order valence-electron chi connectivity index (χ3n) is 2.42. The molecule has 0 aliphatic carbocycles. The number of benzene rings is 1. The Bertz CT molecular complexity index is 465. The van der Waals surface area contributed by atoms with Gasteiger partial charge in [-0.15, -0.1) is 0 Å². The van der Waals surface area contributed by atoms with E-state index in [9.17, 15) is 0 Å². The molecular formula is C10H11BrClN3. The topological polar surface area (TPSA) is 53.8 Å². The highest BCUT2D eigenvalue weighted by atomic mass is 79.9. The van der Waals surface area contributed by atoms with Gasteiger partial charge in [0.2, 0.25) is 0 Å². The van der Waals surface area contributed by atoms with Crippen molar-refractivity contribution in [2.24, 2.45) is 5.73 Å². The van der Waals surface area contributed by atoms with E-state index < -0.39 is 0 Å². The normalized spacial score (nSPS) is 13.3. The van der Waals surface area contributed by atoms with Gasteiger partial charge in [-0.25, -0.2) is 4.84 Å². The number of aromatic nitrogens is 1. The molecule has 80 valence electrons. The number of rotatable bonds is 3. The molecule has 0 aliphatic heterocycles. The van der Waals surface area contributed by atoms with Crippen LogP contribution < -0.4 is 10.6 Å². The number of hydrogen-bond acceptors (Lipinski definition) is 2. The van der Waals surface area contributed by atoms with E-state index in [0.29, 0.717) is 6.54 Å². The van der Waals surface area contributed by atoms with Crippen molar-refractivity contribution in [3.8, 4) is 0 Å². The number of halogens is 2. The molecule has 1 aromatic carbocycles. The van der Waals surface area contributed by atoms with Crippen molar-refractivity contribution in [1.29, 1.82) is 0 Å². The van der Waals surface area contributed by atoms with E-state index >= 15 is 0 Å². The van der Waals surface area contributed by atoms with Gasteiger partial charge in [0.25, 0.3) is 0 Å². The van der Waals surface area contributed by atoms with Crippen molar-refractivity contribution in [1.82, 2.24) is 9.82 Å². The van der Waals surface area contributed by atoms with Crippen LogP contribution in [0.1, 0.15) is 11.6 Å². The van der Waals surface area contributed by atoms with Gasteiger partial charge in [0.05, 0.1) is 6.04 Å². The van der Waals surface area contributed by atoms with Gasteiger partial charge < -0.3 is 10.7 Å². The molecule has 1 unspecified atom stereocenters. The number of nitrogens with two attached hydrogens (primary N) is 1. The number of hydrogen-bond donors (Lipinski definition) is 3. The lowest BCUT2D eigenvalue weighted by Gasteiger charge is -2.10. The maximum atomic E-state index is 5.64. The number of aromatic amines is 1. The highest BCUT2D eigenvalue weighted by Crippen LogP contribution is 2.26. The van der Waals surface area contributed by atoms with Gasteiger partial charge in [-0.2, -0.15) is 0 Å². The fraction of sp³-hybridized carbons (Fsp3) is 0.200. The fourth-order valence-electron chi connectivity index (χ4n) is 1.63. The van der Waals surface area contributed by atoms with Gasteiger partial charge in [-0.05, 0) is 35.5 Å². The molecule has 0 saturated carbocycles. The number of H-pyrrole nitrogens is 1. The van der Waals surface area contributed by atoms with Crippen LogP contribution >= 0.6 is 27.7 Å². The molecular weight excluding hydrogens is 277 g/mol. The first-order chi connectivity index (χ1) is 7.26. The van der Waals surface area contributed by atoms with Gasteiger partial charge in [0, 0.05) is 28.1 Å².